The molecule has 2 amide bonds. The van der Waals surface area contributed by atoms with Crippen molar-refractivity contribution in [2.45, 2.75) is 84.0 Å². The highest BCUT2D eigenvalue weighted by Gasteiger charge is 2.44. The molecule has 2 rings (SSSR count). The quantitative estimate of drug-likeness (QED) is 0.450. The lowest BCUT2D eigenvalue weighted by molar-refractivity contribution is -0.134. The second kappa shape index (κ2) is 10.3. The zero-order valence-electron chi connectivity index (χ0n) is 21.0. The first-order chi connectivity index (χ1) is 15.9. The largest absolute Gasteiger partial charge is 0.514 e. The number of likely N-dealkylation sites (tertiary alicyclic amines) is 1. The molecule has 2 unspecified atom stereocenters. The summed E-state index contributed by atoms with van der Waals surface area (Å²) in [5.41, 5.74) is -1.69. The summed E-state index contributed by atoms with van der Waals surface area (Å²) < 4.78 is 57.7. The molecule has 0 spiro atoms. The van der Waals surface area contributed by atoms with Crippen LogP contribution in [0.25, 0.3) is 0 Å². The monoisotopic (exact) mass is 502 g/mol. The molecule has 1 aromatic carbocycles. The Bertz CT molecular complexity index is 956. The molecule has 196 valence electrons. The molecule has 0 radical (unpaired) electrons. The number of hydrogen-bond acceptors (Lipinski definition) is 6. The number of benzene rings is 1. The number of halogens is 3. The molecule has 0 saturated carbocycles. The minimum Gasteiger partial charge on any atom is -0.444 e. The number of nitrogens with zero attached hydrogens (tertiary/aromatic N) is 1. The maximum atomic E-state index is 15.0. The predicted octanol–water partition coefficient (Wildman–Crippen LogP) is 5.00. The van der Waals surface area contributed by atoms with Gasteiger partial charge in [0.15, 0.2) is 0 Å². The summed E-state index contributed by atoms with van der Waals surface area (Å²) in [6, 6.07) is 2.15. The van der Waals surface area contributed by atoms with E-state index in [2.05, 4.69) is 5.32 Å². The van der Waals surface area contributed by atoms with Gasteiger partial charge in [0, 0.05) is 24.9 Å². The molecule has 1 aromatic rings. The van der Waals surface area contributed by atoms with Crippen LogP contribution in [0.1, 0.15) is 66.4 Å². The van der Waals surface area contributed by atoms with Crippen molar-refractivity contribution >= 4 is 18.2 Å². The average Bonchev–Trinajstić information content (AvgIpc) is 3.02. The molecule has 1 aliphatic rings. The molecule has 1 heterocycles. The van der Waals surface area contributed by atoms with Crippen LogP contribution in [0, 0.1) is 5.82 Å². The van der Waals surface area contributed by atoms with E-state index >= 15 is 4.39 Å². The van der Waals surface area contributed by atoms with Gasteiger partial charge < -0.3 is 24.4 Å². The first kappa shape index (κ1) is 28.3. The van der Waals surface area contributed by atoms with Crippen LogP contribution in [0.4, 0.5) is 22.8 Å². The minimum absolute atomic E-state index is 0.00176. The van der Waals surface area contributed by atoms with E-state index in [9.17, 15) is 23.2 Å². The fraction of sp³-hybridized carbons (Fsp3) is 0.625. The number of hydrogen-bond donors (Lipinski definition) is 1. The number of amides is 2. The summed E-state index contributed by atoms with van der Waals surface area (Å²) in [6.07, 6.45) is -2.47. The van der Waals surface area contributed by atoms with Crippen LogP contribution in [-0.2, 0) is 14.3 Å². The number of alkyl halides is 2. The Labute approximate surface area is 203 Å². The Morgan fingerprint density at radius 3 is 2.14 bits per heavy atom. The first-order valence-corrected chi connectivity index (χ1v) is 11.2. The summed E-state index contributed by atoms with van der Waals surface area (Å²) in [4.78, 5) is 38.3. The van der Waals surface area contributed by atoms with Crippen LogP contribution in [0.15, 0.2) is 18.2 Å². The molecular formula is C24H33F3N2O6. The lowest BCUT2D eigenvalue weighted by Crippen LogP contribution is -2.52. The van der Waals surface area contributed by atoms with E-state index in [0.29, 0.717) is 0 Å². The van der Waals surface area contributed by atoms with Gasteiger partial charge in [-0.3, -0.25) is 4.79 Å². The van der Waals surface area contributed by atoms with Gasteiger partial charge in [0.2, 0.25) is 5.91 Å². The highest BCUT2D eigenvalue weighted by atomic mass is 19.3. The summed E-state index contributed by atoms with van der Waals surface area (Å²) in [6.45, 7) is 10.3. The number of alkyl carbamates (subject to hydrolysis) is 1. The summed E-state index contributed by atoms with van der Waals surface area (Å²) in [5.74, 6) is -5.75. The molecule has 1 fully saturated rings. The third-order valence-electron chi connectivity index (χ3n) is 4.97. The second-order valence-corrected chi connectivity index (χ2v) is 10.5. The van der Waals surface area contributed by atoms with Crippen molar-refractivity contribution in [1.29, 1.82) is 0 Å². The van der Waals surface area contributed by atoms with E-state index in [1.54, 1.807) is 41.5 Å². The zero-order chi connectivity index (χ0) is 26.8. The summed E-state index contributed by atoms with van der Waals surface area (Å²) in [7, 11) is 0. The van der Waals surface area contributed by atoms with Gasteiger partial charge in [-0.05, 0) is 53.2 Å². The average molecular weight is 503 g/mol. The molecule has 8 nitrogen and oxygen atoms in total. The summed E-state index contributed by atoms with van der Waals surface area (Å²) in [5, 5.41) is 2.41. The Morgan fingerprint density at radius 2 is 1.66 bits per heavy atom. The maximum absolute atomic E-state index is 15.0. The van der Waals surface area contributed by atoms with E-state index in [0.717, 1.165) is 11.0 Å². The van der Waals surface area contributed by atoms with Gasteiger partial charge in [0.25, 0.3) is 5.92 Å². The van der Waals surface area contributed by atoms with Gasteiger partial charge in [-0.1, -0.05) is 13.0 Å². The van der Waals surface area contributed by atoms with Crippen LogP contribution in [0.5, 0.6) is 5.75 Å². The molecule has 0 bridgehead atoms. The van der Waals surface area contributed by atoms with E-state index in [-0.39, 0.29) is 17.9 Å². The fourth-order valence-corrected chi connectivity index (χ4v) is 3.44. The predicted molar refractivity (Wildman–Crippen MR) is 121 cm³/mol. The van der Waals surface area contributed by atoms with Crippen molar-refractivity contribution in [2.75, 3.05) is 13.1 Å². The third-order valence-corrected chi connectivity index (χ3v) is 4.97. The molecule has 1 N–H and O–H groups in total. The standard InChI is InChI=1S/C24H33F3N2O6/c1-14(16-9-8-15(12-17(16)25)33-21(32)35-23(5,6)7)18(28-20(31)34-22(2,3)4)19(30)29-11-10-24(26,27)13-29/h8-9,12,14,18H,10-11,13H2,1-7H3,(H,28,31). The van der Waals surface area contributed by atoms with E-state index in [4.69, 9.17) is 14.2 Å². The van der Waals surface area contributed by atoms with Crippen LogP contribution < -0.4 is 10.1 Å². The zero-order valence-corrected chi connectivity index (χ0v) is 21.0. The van der Waals surface area contributed by atoms with Gasteiger partial charge in [-0.2, -0.15) is 0 Å². The smallest absolute Gasteiger partial charge is 0.444 e. The lowest BCUT2D eigenvalue weighted by atomic mass is 9.91. The Morgan fingerprint density at radius 1 is 1.06 bits per heavy atom. The van der Waals surface area contributed by atoms with Gasteiger partial charge >= 0.3 is 12.2 Å². The van der Waals surface area contributed by atoms with Crippen molar-refractivity contribution in [2.24, 2.45) is 0 Å². The third kappa shape index (κ3) is 8.63. The van der Waals surface area contributed by atoms with Gasteiger partial charge in [-0.15, -0.1) is 0 Å². The van der Waals surface area contributed by atoms with Crippen molar-refractivity contribution in [3.8, 4) is 5.75 Å². The molecule has 2 atom stereocenters. The molecule has 1 aliphatic heterocycles. The molecule has 0 aliphatic carbocycles. The molecule has 11 heteroatoms. The number of carbonyl (C=O) groups excluding carboxylic acids is 3. The Hall–Kier alpha value is -2.98. The highest BCUT2D eigenvalue weighted by Crippen LogP contribution is 2.31. The Kier molecular flexibility index (Phi) is 8.34. The van der Waals surface area contributed by atoms with Gasteiger partial charge in [0.05, 0.1) is 6.54 Å². The first-order valence-electron chi connectivity index (χ1n) is 11.2. The molecule has 35 heavy (non-hydrogen) atoms. The van der Waals surface area contributed by atoms with Crippen molar-refractivity contribution in [3.05, 3.63) is 29.6 Å². The fourth-order valence-electron chi connectivity index (χ4n) is 3.44. The molecular weight excluding hydrogens is 469 g/mol. The van der Waals surface area contributed by atoms with Crippen LogP contribution in [0.2, 0.25) is 0 Å². The second-order valence-electron chi connectivity index (χ2n) is 10.5. The van der Waals surface area contributed by atoms with Crippen LogP contribution in [-0.4, -0.2) is 59.3 Å². The Balaban J connectivity index is 2.27. The van der Waals surface area contributed by atoms with Gasteiger partial charge in [0.1, 0.15) is 28.8 Å². The van der Waals surface area contributed by atoms with Gasteiger partial charge in [-0.25, -0.2) is 22.8 Å². The minimum atomic E-state index is -3.04. The lowest BCUT2D eigenvalue weighted by Gasteiger charge is -2.30. The molecule has 0 aromatic heterocycles. The van der Waals surface area contributed by atoms with E-state index in [1.165, 1.54) is 19.1 Å². The van der Waals surface area contributed by atoms with E-state index in [1.807, 2.05) is 0 Å². The van der Waals surface area contributed by atoms with Crippen LogP contribution >= 0.6 is 0 Å². The SMILES string of the molecule is CC(c1ccc(OC(=O)OC(C)(C)C)cc1F)C(NC(=O)OC(C)(C)C)C(=O)N1CCC(F)(F)C1. The number of rotatable bonds is 5. The van der Waals surface area contributed by atoms with Crippen molar-refractivity contribution < 1.29 is 41.8 Å². The number of carbonyl (C=O) groups is 3. The van der Waals surface area contributed by atoms with Crippen molar-refractivity contribution in [3.63, 3.8) is 0 Å². The van der Waals surface area contributed by atoms with Crippen LogP contribution in [0.3, 0.4) is 0 Å². The number of ether oxygens (including phenoxy) is 3. The number of nitrogens with one attached hydrogen (secondary N) is 1. The van der Waals surface area contributed by atoms with Crippen molar-refractivity contribution in [1.82, 2.24) is 10.2 Å². The van der Waals surface area contributed by atoms with E-state index < -0.39 is 66.0 Å². The maximum Gasteiger partial charge on any atom is 0.514 e. The topological polar surface area (TPSA) is 94.2 Å². The molecule has 1 saturated heterocycles. The highest BCUT2D eigenvalue weighted by molar-refractivity contribution is 5.87. The normalized spacial score (nSPS) is 17.4. The summed E-state index contributed by atoms with van der Waals surface area (Å²) >= 11 is 0.